The number of thiazole rings is 1. The molecule has 0 radical (unpaired) electrons. The Morgan fingerprint density at radius 1 is 1.21 bits per heavy atom. The molecule has 178 valence electrons. The molecule has 0 bridgehead atoms. The van der Waals surface area contributed by atoms with Crippen LogP contribution in [0.3, 0.4) is 0 Å². The summed E-state index contributed by atoms with van der Waals surface area (Å²) in [7, 11) is 0. The van der Waals surface area contributed by atoms with E-state index < -0.39 is 0 Å². The van der Waals surface area contributed by atoms with Crippen molar-refractivity contribution in [1.82, 2.24) is 9.88 Å². The molecule has 0 saturated carbocycles. The Labute approximate surface area is 203 Å². The van der Waals surface area contributed by atoms with Gasteiger partial charge in [0.1, 0.15) is 11.6 Å². The summed E-state index contributed by atoms with van der Waals surface area (Å²) in [5, 5.41) is 0.583. The van der Waals surface area contributed by atoms with Crippen molar-refractivity contribution >= 4 is 45.0 Å². The zero-order valence-electron chi connectivity index (χ0n) is 18.8. The van der Waals surface area contributed by atoms with Gasteiger partial charge in [0.05, 0.1) is 29.5 Å². The van der Waals surface area contributed by atoms with E-state index in [-0.39, 0.29) is 30.2 Å². The van der Waals surface area contributed by atoms with Crippen molar-refractivity contribution in [3.63, 3.8) is 0 Å². The molecule has 2 heterocycles. The number of ether oxygens (including phenoxy) is 2. The van der Waals surface area contributed by atoms with E-state index in [2.05, 4.69) is 9.88 Å². The van der Waals surface area contributed by atoms with Crippen molar-refractivity contribution in [2.75, 3.05) is 44.3 Å². The van der Waals surface area contributed by atoms with Crippen LogP contribution < -0.4 is 9.64 Å². The van der Waals surface area contributed by atoms with Gasteiger partial charge in [0.25, 0.3) is 5.91 Å². The van der Waals surface area contributed by atoms with Crippen LogP contribution >= 0.6 is 23.7 Å². The molecule has 0 N–H and O–H groups in total. The predicted molar refractivity (Wildman–Crippen MR) is 133 cm³/mol. The lowest BCUT2D eigenvalue weighted by atomic mass is 10.2. The number of nitrogens with zero attached hydrogens (tertiary/aromatic N) is 3. The molecular formula is C24H29ClFN3O3S. The Hall–Kier alpha value is -2.26. The first-order chi connectivity index (χ1) is 15.5. The quantitative estimate of drug-likeness (QED) is 0.441. The first-order valence-corrected chi connectivity index (χ1v) is 11.8. The van der Waals surface area contributed by atoms with Gasteiger partial charge in [0.2, 0.25) is 0 Å². The summed E-state index contributed by atoms with van der Waals surface area (Å²) in [6.45, 7) is 8.65. The van der Waals surface area contributed by atoms with Crippen LogP contribution in [0.2, 0.25) is 0 Å². The number of carbonyl (C=O) groups is 1. The molecule has 6 nitrogen and oxygen atoms in total. The lowest BCUT2D eigenvalue weighted by molar-refractivity contribution is 0.0376. The molecule has 2 aromatic carbocycles. The number of morpholine rings is 1. The number of hydrogen-bond acceptors (Lipinski definition) is 6. The lowest BCUT2D eigenvalue weighted by Crippen LogP contribution is -2.39. The van der Waals surface area contributed by atoms with Gasteiger partial charge in [-0.05, 0) is 62.7 Å². The summed E-state index contributed by atoms with van der Waals surface area (Å²) in [6, 6.07) is 11.7. The standard InChI is InChI=1S/C24H28FN3O3S.ClH/c1-17(2)31-20-7-4-18(5-8-20)23(29)28(11-3-10-27-12-14-30-15-13-27)24-26-21-9-6-19(25)16-22(21)32-24;/h4-9,16-17H,3,10-15H2,1-2H3;1H. The lowest BCUT2D eigenvalue weighted by Gasteiger charge is -2.27. The van der Waals surface area contributed by atoms with Crippen LogP contribution in [-0.4, -0.2) is 61.3 Å². The van der Waals surface area contributed by atoms with Gasteiger partial charge < -0.3 is 9.47 Å². The van der Waals surface area contributed by atoms with Gasteiger partial charge in [-0.25, -0.2) is 9.37 Å². The molecule has 1 aliphatic heterocycles. The Morgan fingerprint density at radius 2 is 1.94 bits per heavy atom. The summed E-state index contributed by atoms with van der Waals surface area (Å²) in [6.07, 6.45) is 0.876. The molecule has 0 atom stereocenters. The average Bonchev–Trinajstić information content (AvgIpc) is 3.20. The number of amides is 1. The van der Waals surface area contributed by atoms with E-state index in [0.29, 0.717) is 22.8 Å². The second-order valence-corrected chi connectivity index (χ2v) is 9.07. The average molecular weight is 494 g/mol. The van der Waals surface area contributed by atoms with E-state index in [4.69, 9.17) is 9.47 Å². The minimum Gasteiger partial charge on any atom is -0.491 e. The highest BCUT2D eigenvalue weighted by Gasteiger charge is 2.22. The Morgan fingerprint density at radius 3 is 2.64 bits per heavy atom. The number of fused-ring (bicyclic) bond motifs is 1. The fraction of sp³-hybridized carbons (Fsp3) is 0.417. The molecule has 1 aromatic heterocycles. The fourth-order valence-corrected chi connectivity index (χ4v) is 4.68. The summed E-state index contributed by atoms with van der Waals surface area (Å²) in [4.78, 5) is 22.1. The van der Waals surface area contributed by atoms with E-state index in [1.165, 1.54) is 23.5 Å². The SMILES string of the molecule is CC(C)Oc1ccc(C(=O)N(CCCN2CCOCC2)c2nc3ccc(F)cc3s2)cc1.Cl. The van der Waals surface area contributed by atoms with Gasteiger partial charge in [-0.3, -0.25) is 14.6 Å². The minimum atomic E-state index is -0.307. The van der Waals surface area contributed by atoms with E-state index in [1.807, 2.05) is 26.0 Å². The summed E-state index contributed by atoms with van der Waals surface area (Å²) < 4.78 is 25.5. The maximum atomic E-state index is 13.7. The number of rotatable bonds is 8. The minimum absolute atomic E-state index is 0. The topological polar surface area (TPSA) is 54.9 Å². The highest BCUT2D eigenvalue weighted by atomic mass is 35.5. The molecule has 4 rings (SSSR count). The molecule has 1 fully saturated rings. The van der Waals surface area contributed by atoms with Crippen LogP contribution in [0.15, 0.2) is 42.5 Å². The monoisotopic (exact) mass is 493 g/mol. The number of hydrogen-bond donors (Lipinski definition) is 0. The molecule has 1 aliphatic rings. The molecule has 1 saturated heterocycles. The third kappa shape index (κ3) is 6.63. The number of aromatic nitrogens is 1. The molecular weight excluding hydrogens is 465 g/mol. The Kier molecular flexibility index (Phi) is 9.02. The summed E-state index contributed by atoms with van der Waals surface area (Å²) in [5.74, 6) is 0.298. The van der Waals surface area contributed by atoms with Crippen molar-refractivity contribution in [3.8, 4) is 5.75 Å². The van der Waals surface area contributed by atoms with Crippen LogP contribution in [0.5, 0.6) is 5.75 Å². The van der Waals surface area contributed by atoms with Gasteiger partial charge in [0.15, 0.2) is 5.13 Å². The van der Waals surface area contributed by atoms with E-state index >= 15 is 0 Å². The third-order valence-corrected chi connectivity index (χ3v) is 6.29. The molecule has 0 aliphatic carbocycles. The molecule has 0 unspecified atom stereocenters. The molecule has 0 spiro atoms. The van der Waals surface area contributed by atoms with Crippen molar-refractivity contribution in [2.24, 2.45) is 0 Å². The highest BCUT2D eigenvalue weighted by molar-refractivity contribution is 7.22. The first-order valence-electron chi connectivity index (χ1n) is 10.9. The highest BCUT2D eigenvalue weighted by Crippen LogP contribution is 2.30. The molecule has 33 heavy (non-hydrogen) atoms. The van der Waals surface area contributed by atoms with Crippen LogP contribution in [0, 0.1) is 5.82 Å². The van der Waals surface area contributed by atoms with Gasteiger partial charge >= 0.3 is 0 Å². The van der Waals surface area contributed by atoms with E-state index in [0.717, 1.165) is 49.7 Å². The van der Waals surface area contributed by atoms with E-state index in [1.54, 1.807) is 23.1 Å². The normalized spacial score (nSPS) is 14.3. The summed E-state index contributed by atoms with van der Waals surface area (Å²) in [5.41, 5.74) is 1.26. The smallest absolute Gasteiger partial charge is 0.260 e. The van der Waals surface area contributed by atoms with Crippen molar-refractivity contribution < 1.29 is 18.7 Å². The van der Waals surface area contributed by atoms with Crippen LogP contribution in [0.4, 0.5) is 9.52 Å². The van der Waals surface area contributed by atoms with E-state index in [9.17, 15) is 9.18 Å². The van der Waals surface area contributed by atoms with Crippen molar-refractivity contribution in [3.05, 3.63) is 53.8 Å². The number of halogens is 2. The van der Waals surface area contributed by atoms with Gasteiger partial charge in [-0.1, -0.05) is 11.3 Å². The first kappa shape index (κ1) is 25.4. The van der Waals surface area contributed by atoms with Crippen molar-refractivity contribution in [1.29, 1.82) is 0 Å². The van der Waals surface area contributed by atoms with Gasteiger partial charge in [-0.15, -0.1) is 12.4 Å². The van der Waals surface area contributed by atoms with Gasteiger partial charge in [-0.2, -0.15) is 0 Å². The number of benzene rings is 2. The molecule has 3 aromatic rings. The Balaban J connectivity index is 0.00000306. The largest absolute Gasteiger partial charge is 0.491 e. The molecule has 9 heteroatoms. The zero-order chi connectivity index (χ0) is 22.5. The maximum absolute atomic E-state index is 13.7. The Bertz CT molecular complexity index is 1050. The molecule has 1 amide bonds. The maximum Gasteiger partial charge on any atom is 0.260 e. The second kappa shape index (κ2) is 11.7. The predicted octanol–water partition coefficient (Wildman–Crippen LogP) is 5.01. The van der Waals surface area contributed by atoms with Gasteiger partial charge in [0, 0.05) is 31.7 Å². The van der Waals surface area contributed by atoms with Crippen molar-refractivity contribution in [2.45, 2.75) is 26.4 Å². The number of carbonyl (C=O) groups excluding carboxylic acids is 1. The second-order valence-electron chi connectivity index (χ2n) is 8.06. The van der Waals surface area contributed by atoms with Crippen LogP contribution in [-0.2, 0) is 4.74 Å². The zero-order valence-corrected chi connectivity index (χ0v) is 20.5. The third-order valence-electron chi connectivity index (χ3n) is 5.25. The van der Waals surface area contributed by atoms with Crippen LogP contribution in [0.25, 0.3) is 10.2 Å². The fourth-order valence-electron chi connectivity index (χ4n) is 3.67. The number of anilines is 1. The van der Waals surface area contributed by atoms with Crippen LogP contribution in [0.1, 0.15) is 30.6 Å². The summed E-state index contributed by atoms with van der Waals surface area (Å²) >= 11 is 1.34.